The molecule has 1 saturated heterocycles. The predicted octanol–water partition coefficient (Wildman–Crippen LogP) is -0.358. The number of aromatic nitrogens is 1. The van der Waals surface area contributed by atoms with Gasteiger partial charge in [-0.05, 0) is 25.5 Å². The van der Waals surface area contributed by atoms with E-state index in [0.717, 1.165) is 25.3 Å². The minimum Gasteiger partial charge on any atom is -0.363 e. The quantitative estimate of drug-likeness (QED) is 0.406. The number of hydrogen-bond donors (Lipinski definition) is 4. The minimum atomic E-state index is -1.16. The lowest BCUT2D eigenvalue weighted by molar-refractivity contribution is -0.119. The molecule has 2 atom stereocenters. The van der Waals surface area contributed by atoms with Gasteiger partial charge in [0, 0.05) is 45.3 Å². The highest BCUT2D eigenvalue weighted by atomic mass is 16.3. The Labute approximate surface area is 131 Å². The standard InChI is InChI=1S/C15H25N5O2/c1-12(21)16-8-9-18-15(2,22)19-13-6-10-20(11-13)14-5-3-4-7-17-14/h3-5,7,13,18-19,22H,6,8-11H2,1-2H3,(H,16,21)/t13-,15?/m1/s1. The Kier molecular flexibility index (Phi) is 5.70. The maximum Gasteiger partial charge on any atom is 0.216 e. The van der Waals surface area contributed by atoms with Crippen LogP contribution in [-0.2, 0) is 4.79 Å². The van der Waals surface area contributed by atoms with Crippen molar-refractivity contribution in [2.45, 2.75) is 32.2 Å². The lowest BCUT2D eigenvalue weighted by Gasteiger charge is -2.30. The van der Waals surface area contributed by atoms with Crippen molar-refractivity contribution >= 4 is 11.7 Å². The average Bonchev–Trinajstić information content (AvgIpc) is 2.92. The van der Waals surface area contributed by atoms with Gasteiger partial charge in [0.05, 0.1) is 0 Å². The second-order valence-corrected chi connectivity index (χ2v) is 5.75. The maximum absolute atomic E-state index is 10.8. The molecular formula is C15H25N5O2. The highest BCUT2D eigenvalue weighted by molar-refractivity contribution is 5.72. The van der Waals surface area contributed by atoms with E-state index in [9.17, 15) is 9.90 Å². The highest BCUT2D eigenvalue weighted by Crippen LogP contribution is 2.18. The number of anilines is 1. The molecule has 7 nitrogen and oxygen atoms in total. The summed E-state index contributed by atoms with van der Waals surface area (Å²) >= 11 is 0. The van der Waals surface area contributed by atoms with Crippen LogP contribution in [0, 0.1) is 0 Å². The number of carbonyl (C=O) groups excluding carboxylic acids is 1. The molecule has 1 aromatic rings. The fraction of sp³-hybridized carbons (Fsp3) is 0.600. The second-order valence-electron chi connectivity index (χ2n) is 5.75. The van der Waals surface area contributed by atoms with E-state index >= 15 is 0 Å². The lowest BCUT2D eigenvalue weighted by atomic mass is 10.2. The summed E-state index contributed by atoms with van der Waals surface area (Å²) in [4.78, 5) is 17.3. The van der Waals surface area contributed by atoms with E-state index in [2.05, 4.69) is 25.8 Å². The number of nitrogens with one attached hydrogen (secondary N) is 3. The van der Waals surface area contributed by atoms with Gasteiger partial charge in [0.1, 0.15) is 5.82 Å². The molecule has 7 heteroatoms. The summed E-state index contributed by atoms with van der Waals surface area (Å²) in [5.74, 6) is -0.273. The van der Waals surface area contributed by atoms with Gasteiger partial charge in [-0.25, -0.2) is 4.98 Å². The smallest absolute Gasteiger partial charge is 0.216 e. The van der Waals surface area contributed by atoms with Crippen LogP contribution in [-0.4, -0.2) is 54.1 Å². The van der Waals surface area contributed by atoms with E-state index < -0.39 is 5.85 Å². The van der Waals surface area contributed by atoms with E-state index in [1.165, 1.54) is 6.92 Å². The van der Waals surface area contributed by atoms with E-state index in [4.69, 9.17) is 0 Å². The van der Waals surface area contributed by atoms with Crippen molar-refractivity contribution < 1.29 is 9.90 Å². The molecule has 1 aliphatic rings. The number of nitrogens with zero attached hydrogens (tertiary/aromatic N) is 2. The van der Waals surface area contributed by atoms with Crippen molar-refractivity contribution in [1.82, 2.24) is 20.9 Å². The molecule has 1 aromatic heterocycles. The molecule has 1 fully saturated rings. The van der Waals surface area contributed by atoms with Crippen LogP contribution in [0.1, 0.15) is 20.3 Å². The zero-order chi connectivity index (χ0) is 16.0. The van der Waals surface area contributed by atoms with E-state index in [1.807, 2.05) is 18.2 Å². The molecule has 0 aromatic carbocycles. The molecule has 4 N–H and O–H groups in total. The summed E-state index contributed by atoms with van der Waals surface area (Å²) in [7, 11) is 0. The van der Waals surface area contributed by atoms with E-state index in [-0.39, 0.29) is 11.9 Å². The third-order valence-electron chi connectivity index (χ3n) is 3.61. The van der Waals surface area contributed by atoms with Crippen molar-refractivity contribution in [1.29, 1.82) is 0 Å². The third kappa shape index (κ3) is 5.25. The number of carbonyl (C=O) groups is 1. The van der Waals surface area contributed by atoms with Gasteiger partial charge in [-0.3, -0.25) is 15.4 Å². The first-order chi connectivity index (χ1) is 10.5. The molecule has 2 heterocycles. The van der Waals surface area contributed by atoms with Gasteiger partial charge in [-0.1, -0.05) is 6.07 Å². The Morgan fingerprint density at radius 3 is 3.00 bits per heavy atom. The van der Waals surface area contributed by atoms with Gasteiger partial charge in [0.2, 0.25) is 5.91 Å². The van der Waals surface area contributed by atoms with E-state index in [0.29, 0.717) is 13.1 Å². The molecule has 0 saturated carbocycles. The zero-order valence-corrected chi connectivity index (χ0v) is 13.2. The molecule has 22 heavy (non-hydrogen) atoms. The molecule has 1 amide bonds. The molecular weight excluding hydrogens is 282 g/mol. The van der Waals surface area contributed by atoms with Crippen LogP contribution in [0.2, 0.25) is 0 Å². The van der Waals surface area contributed by atoms with Crippen LogP contribution >= 0.6 is 0 Å². The predicted molar refractivity (Wildman–Crippen MR) is 85.3 cm³/mol. The van der Waals surface area contributed by atoms with Gasteiger partial charge in [-0.2, -0.15) is 0 Å². The largest absolute Gasteiger partial charge is 0.363 e. The van der Waals surface area contributed by atoms with Crippen LogP contribution in [0.15, 0.2) is 24.4 Å². The van der Waals surface area contributed by atoms with Crippen LogP contribution in [0.5, 0.6) is 0 Å². The summed E-state index contributed by atoms with van der Waals surface area (Å²) in [5, 5.41) is 19.2. The molecule has 1 unspecified atom stereocenters. The molecule has 0 bridgehead atoms. The molecule has 1 aliphatic heterocycles. The zero-order valence-electron chi connectivity index (χ0n) is 13.2. The summed E-state index contributed by atoms with van der Waals surface area (Å²) in [6.07, 6.45) is 2.73. The second kappa shape index (κ2) is 7.53. The van der Waals surface area contributed by atoms with Crippen molar-refractivity contribution in [3.8, 4) is 0 Å². The molecule has 2 rings (SSSR count). The Balaban J connectivity index is 1.75. The molecule has 0 spiro atoms. The van der Waals surface area contributed by atoms with E-state index in [1.54, 1.807) is 13.1 Å². The lowest BCUT2D eigenvalue weighted by Crippen LogP contribution is -2.59. The Morgan fingerprint density at radius 2 is 2.32 bits per heavy atom. The van der Waals surface area contributed by atoms with Crippen LogP contribution < -0.4 is 20.9 Å². The topological polar surface area (TPSA) is 89.5 Å². The molecule has 122 valence electrons. The number of amides is 1. The monoisotopic (exact) mass is 307 g/mol. The average molecular weight is 307 g/mol. The first-order valence-electron chi connectivity index (χ1n) is 7.62. The van der Waals surface area contributed by atoms with Crippen molar-refractivity contribution in [2.75, 3.05) is 31.1 Å². The summed E-state index contributed by atoms with van der Waals surface area (Å²) < 4.78 is 0. The Hall–Kier alpha value is -1.70. The first-order valence-corrected chi connectivity index (χ1v) is 7.62. The highest BCUT2D eigenvalue weighted by Gasteiger charge is 2.29. The van der Waals surface area contributed by atoms with Gasteiger partial charge in [0.25, 0.3) is 0 Å². The number of aliphatic hydroxyl groups is 1. The van der Waals surface area contributed by atoms with Crippen molar-refractivity contribution in [3.63, 3.8) is 0 Å². The summed E-state index contributed by atoms with van der Waals surface area (Å²) in [6, 6.07) is 6.05. The van der Waals surface area contributed by atoms with Crippen molar-refractivity contribution in [2.24, 2.45) is 0 Å². The van der Waals surface area contributed by atoms with Gasteiger partial charge >= 0.3 is 0 Å². The van der Waals surface area contributed by atoms with Crippen LogP contribution in [0.4, 0.5) is 5.82 Å². The maximum atomic E-state index is 10.8. The third-order valence-corrected chi connectivity index (χ3v) is 3.61. The van der Waals surface area contributed by atoms with Gasteiger partial charge < -0.3 is 15.3 Å². The number of hydrogen-bond acceptors (Lipinski definition) is 6. The molecule has 0 radical (unpaired) electrons. The summed E-state index contributed by atoms with van der Waals surface area (Å²) in [6.45, 7) is 5.86. The number of rotatable bonds is 7. The van der Waals surface area contributed by atoms with Gasteiger partial charge in [0.15, 0.2) is 5.85 Å². The molecule has 0 aliphatic carbocycles. The SMILES string of the molecule is CC(=O)NCCNC(C)(O)N[C@@H]1CCN(c2ccccn2)C1. The van der Waals surface area contributed by atoms with Crippen LogP contribution in [0.25, 0.3) is 0 Å². The Bertz CT molecular complexity index is 480. The minimum absolute atomic E-state index is 0.0730. The fourth-order valence-electron chi connectivity index (χ4n) is 2.62. The Morgan fingerprint density at radius 1 is 1.50 bits per heavy atom. The number of pyridine rings is 1. The normalized spacial score (nSPS) is 20.7. The summed E-state index contributed by atoms with van der Waals surface area (Å²) in [5.41, 5.74) is 0. The first kappa shape index (κ1) is 16.7. The fourth-order valence-corrected chi connectivity index (χ4v) is 2.62. The van der Waals surface area contributed by atoms with Crippen molar-refractivity contribution in [3.05, 3.63) is 24.4 Å². The van der Waals surface area contributed by atoms with Gasteiger partial charge in [-0.15, -0.1) is 0 Å². The van der Waals surface area contributed by atoms with Crippen LogP contribution in [0.3, 0.4) is 0 Å².